The Bertz CT molecular complexity index is 530. The van der Waals surface area contributed by atoms with Crippen LogP contribution in [0, 0.1) is 0 Å². The van der Waals surface area contributed by atoms with Gasteiger partial charge in [-0.15, -0.1) is 0 Å². The van der Waals surface area contributed by atoms with Gasteiger partial charge in [-0.3, -0.25) is 4.99 Å². The first-order valence-corrected chi connectivity index (χ1v) is 6.99. The Morgan fingerprint density at radius 1 is 1.26 bits per heavy atom. The molecule has 1 heteroatoms. The summed E-state index contributed by atoms with van der Waals surface area (Å²) < 4.78 is 0. The van der Waals surface area contributed by atoms with E-state index in [0.717, 1.165) is 19.3 Å². The second kappa shape index (κ2) is 6.89. The summed E-state index contributed by atoms with van der Waals surface area (Å²) in [5.41, 5.74) is 5.03. The van der Waals surface area contributed by atoms with Gasteiger partial charge in [0.05, 0.1) is 0 Å². The molecule has 0 saturated heterocycles. The normalized spacial score (nSPS) is 16.4. The minimum Gasteiger partial charge on any atom is -0.261 e. The molecular formula is C18H21N. The number of rotatable bonds is 4. The van der Waals surface area contributed by atoms with Gasteiger partial charge in [0.15, 0.2) is 0 Å². The molecule has 1 nitrogen and oxygen atoms in total. The molecular weight excluding hydrogens is 230 g/mol. The molecule has 0 atom stereocenters. The summed E-state index contributed by atoms with van der Waals surface area (Å²) in [4.78, 5) is 4.63. The fourth-order valence-electron chi connectivity index (χ4n) is 2.16. The van der Waals surface area contributed by atoms with Crippen LogP contribution in [0.4, 0.5) is 0 Å². The van der Waals surface area contributed by atoms with Crippen LogP contribution in [0.2, 0.25) is 0 Å². The molecule has 0 saturated carbocycles. The minimum absolute atomic E-state index is 1.04. The first-order chi connectivity index (χ1) is 9.33. The van der Waals surface area contributed by atoms with E-state index in [1.165, 1.54) is 22.4 Å². The number of aliphatic imine (C=N–C) groups is 1. The Kier molecular flexibility index (Phi) is 4.91. The number of hydrogen-bond donors (Lipinski definition) is 0. The average Bonchev–Trinajstić information content (AvgIpc) is 2.49. The molecule has 1 aromatic rings. The van der Waals surface area contributed by atoms with E-state index in [1.807, 2.05) is 6.21 Å². The summed E-state index contributed by atoms with van der Waals surface area (Å²) in [6, 6.07) is 10.5. The lowest BCUT2D eigenvalue weighted by Gasteiger charge is -2.11. The molecule has 98 valence electrons. The van der Waals surface area contributed by atoms with E-state index in [-0.39, 0.29) is 0 Å². The lowest BCUT2D eigenvalue weighted by Crippen LogP contribution is -1.92. The van der Waals surface area contributed by atoms with Gasteiger partial charge in [-0.1, -0.05) is 49.4 Å². The summed E-state index contributed by atoms with van der Waals surface area (Å²) in [5.74, 6) is 0. The van der Waals surface area contributed by atoms with Crippen molar-refractivity contribution in [2.75, 3.05) is 0 Å². The summed E-state index contributed by atoms with van der Waals surface area (Å²) in [7, 11) is 0. The van der Waals surface area contributed by atoms with Crippen LogP contribution >= 0.6 is 0 Å². The van der Waals surface area contributed by atoms with Crippen LogP contribution in [0.3, 0.4) is 0 Å². The van der Waals surface area contributed by atoms with Crippen LogP contribution in [-0.4, -0.2) is 6.21 Å². The van der Waals surface area contributed by atoms with E-state index in [2.05, 4.69) is 67.4 Å². The van der Waals surface area contributed by atoms with Crippen LogP contribution in [0.5, 0.6) is 0 Å². The lowest BCUT2D eigenvalue weighted by molar-refractivity contribution is 0.949. The Balaban J connectivity index is 2.16. The van der Waals surface area contributed by atoms with E-state index in [1.54, 1.807) is 0 Å². The third-order valence-electron chi connectivity index (χ3n) is 3.37. The van der Waals surface area contributed by atoms with Gasteiger partial charge in [0.25, 0.3) is 0 Å². The smallest absolute Gasteiger partial charge is 0.0412 e. The molecule has 0 fully saturated rings. The Morgan fingerprint density at radius 2 is 2.05 bits per heavy atom. The molecule has 0 unspecified atom stereocenters. The number of allylic oxidation sites excluding steroid dienone is 6. The van der Waals surface area contributed by atoms with Crippen molar-refractivity contribution in [1.29, 1.82) is 0 Å². The summed E-state index contributed by atoms with van der Waals surface area (Å²) in [6.45, 7) is 4.22. The third-order valence-corrected chi connectivity index (χ3v) is 3.37. The third kappa shape index (κ3) is 3.78. The predicted octanol–water partition coefficient (Wildman–Crippen LogP) is 5.17. The maximum atomic E-state index is 4.63. The molecule has 1 aromatic carbocycles. The van der Waals surface area contributed by atoms with E-state index < -0.39 is 0 Å². The van der Waals surface area contributed by atoms with Crippen molar-refractivity contribution in [2.24, 2.45) is 4.99 Å². The van der Waals surface area contributed by atoms with Crippen molar-refractivity contribution in [3.8, 4) is 0 Å². The Labute approximate surface area is 116 Å². The molecule has 2 rings (SSSR count). The van der Waals surface area contributed by atoms with Crippen LogP contribution in [-0.2, 0) is 0 Å². The van der Waals surface area contributed by atoms with Crippen molar-refractivity contribution in [1.82, 2.24) is 0 Å². The quantitative estimate of drug-likeness (QED) is 0.654. The molecule has 0 aromatic heterocycles. The fraction of sp³-hybridized carbons (Fsp3) is 0.278. The van der Waals surface area contributed by atoms with Crippen LogP contribution in [0.25, 0.3) is 5.57 Å². The fourth-order valence-corrected chi connectivity index (χ4v) is 2.16. The highest BCUT2D eigenvalue weighted by Crippen LogP contribution is 2.25. The molecule has 0 aliphatic heterocycles. The van der Waals surface area contributed by atoms with E-state index in [0.29, 0.717) is 0 Å². The first-order valence-electron chi connectivity index (χ1n) is 6.99. The summed E-state index contributed by atoms with van der Waals surface area (Å²) in [5, 5.41) is 0. The van der Waals surface area contributed by atoms with E-state index >= 15 is 0 Å². The molecule has 0 radical (unpaired) electrons. The van der Waals surface area contributed by atoms with Gasteiger partial charge >= 0.3 is 0 Å². The van der Waals surface area contributed by atoms with Gasteiger partial charge < -0.3 is 0 Å². The molecule has 0 N–H and O–H groups in total. The minimum atomic E-state index is 1.04. The largest absolute Gasteiger partial charge is 0.261 e. The topological polar surface area (TPSA) is 12.4 Å². The van der Waals surface area contributed by atoms with Crippen molar-refractivity contribution in [3.63, 3.8) is 0 Å². The zero-order valence-corrected chi connectivity index (χ0v) is 11.8. The SMILES string of the molecule is C/C=C(\C=NC1=CC(c2ccccc2)=CCC1)CC. The van der Waals surface area contributed by atoms with Crippen LogP contribution < -0.4 is 0 Å². The van der Waals surface area contributed by atoms with Gasteiger partial charge in [-0.25, -0.2) is 0 Å². The molecule has 0 amide bonds. The second-order valence-corrected chi connectivity index (χ2v) is 4.68. The van der Waals surface area contributed by atoms with Crippen molar-refractivity contribution >= 4 is 11.8 Å². The summed E-state index contributed by atoms with van der Waals surface area (Å²) >= 11 is 0. The monoisotopic (exact) mass is 251 g/mol. The zero-order valence-electron chi connectivity index (χ0n) is 11.8. The van der Waals surface area contributed by atoms with Gasteiger partial charge in [-0.05, 0) is 49.0 Å². The molecule has 19 heavy (non-hydrogen) atoms. The van der Waals surface area contributed by atoms with Gasteiger partial charge in [0.1, 0.15) is 0 Å². The Morgan fingerprint density at radius 3 is 2.74 bits per heavy atom. The van der Waals surface area contributed by atoms with Crippen molar-refractivity contribution in [3.05, 3.63) is 65.4 Å². The average molecular weight is 251 g/mol. The van der Waals surface area contributed by atoms with E-state index in [9.17, 15) is 0 Å². The molecule has 0 bridgehead atoms. The van der Waals surface area contributed by atoms with Crippen molar-refractivity contribution in [2.45, 2.75) is 33.1 Å². The second-order valence-electron chi connectivity index (χ2n) is 4.68. The maximum absolute atomic E-state index is 4.63. The number of nitrogens with zero attached hydrogens (tertiary/aromatic N) is 1. The summed E-state index contributed by atoms with van der Waals surface area (Å²) in [6.07, 6.45) is 11.8. The Hall–Kier alpha value is -1.89. The zero-order chi connectivity index (χ0) is 13.5. The van der Waals surface area contributed by atoms with Crippen LogP contribution in [0.1, 0.15) is 38.7 Å². The van der Waals surface area contributed by atoms with Crippen LogP contribution in [0.15, 0.2) is 64.8 Å². The predicted molar refractivity (Wildman–Crippen MR) is 84.3 cm³/mol. The van der Waals surface area contributed by atoms with E-state index in [4.69, 9.17) is 0 Å². The highest BCUT2D eigenvalue weighted by Gasteiger charge is 2.05. The highest BCUT2D eigenvalue weighted by atomic mass is 14.7. The van der Waals surface area contributed by atoms with Crippen molar-refractivity contribution < 1.29 is 0 Å². The van der Waals surface area contributed by atoms with Gasteiger partial charge in [0.2, 0.25) is 0 Å². The maximum Gasteiger partial charge on any atom is 0.0412 e. The first kappa shape index (κ1) is 13.5. The van der Waals surface area contributed by atoms with Gasteiger partial charge in [0, 0.05) is 11.9 Å². The molecule has 0 spiro atoms. The number of hydrogen-bond acceptors (Lipinski definition) is 1. The van der Waals surface area contributed by atoms with Gasteiger partial charge in [-0.2, -0.15) is 0 Å². The molecule has 1 aliphatic carbocycles. The standard InChI is InChI=1S/C18H21N/c1-3-15(4-2)14-19-18-12-8-11-17(13-18)16-9-6-5-7-10-16/h3,5-7,9-11,13-14H,4,8,12H2,1-2H3/b15-3-,19-14?. The molecule has 1 aliphatic rings. The molecule has 0 heterocycles. The lowest BCUT2D eigenvalue weighted by atomic mass is 9.98. The number of benzene rings is 1. The highest BCUT2D eigenvalue weighted by molar-refractivity contribution is 5.81.